The highest BCUT2D eigenvalue weighted by Gasteiger charge is 2.32. The number of rotatable bonds is 2. The van der Waals surface area contributed by atoms with Crippen molar-refractivity contribution in [3.8, 4) is 5.69 Å². The van der Waals surface area contributed by atoms with Crippen LogP contribution in [0.2, 0.25) is 0 Å². The molecule has 1 aromatic heterocycles. The molecule has 2 fully saturated rings. The van der Waals surface area contributed by atoms with Crippen molar-refractivity contribution >= 4 is 18.3 Å². The average molecular weight is 347 g/mol. The molecule has 5 nitrogen and oxygen atoms in total. The third-order valence-corrected chi connectivity index (χ3v) is 5.19. The van der Waals surface area contributed by atoms with E-state index in [0.29, 0.717) is 0 Å². The average Bonchev–Trinajstić information content (AvgIpc) is 3.23. The van der Waals surface area contributed by atoms with Crippen LogP contribution in [0, 0.1) is 11.8 Å². The molecule has 0 aliphatic carbocycles. The monoisotopic (exact) mass is 346 g/mol. The zero-order valence-electron chi connectivity index (χ0n) is 13.6. The molecule has 6 heteroatoms. The van der Waals surface area contributed by atoms with Crippen molar-refractivity contribution in [2.24, 2.45) is 11.8 Å². The van der Waals surface area contributed by atoms with Crippen LogP contribution in [0.3, 0.4) is 0 Å². The van der Waals surface area contributed by atoms with Gasteiger partial charge in [-0.25, -0.2) is 4.68 Å². The molecule has 0 unspecified atom stereocenters. The standard InChI is InChI=1S/C18H22N4O.ClH/c23-18(21-10-6-14-12-19-13-15(14)7-11-21)16-4-1-2-5-17(16)22-9-3-8-20-22;/h1-5,8-9,14-15,19H,6-7,10-13H2;1H/t14-,15+;. The first kappa shape index (κ1) is 17.0. The van der Waals surface area contributed by atoms with Crippen LogP contribution >= 0.6 is 12.4 Å². The first-order chi connectivity index (χ1) is 11.3. The summed E-state index contributed by atoms with van der Waals surface area (Å²) in [5.74, 6) is 1.59. The Kier molecular flexibility index (Phi) is 5.21. The number of nitrogens with zero attached hydrogens (tertiary/aromatic N) is 3. The van der Waals surface area contributed by atoms with Gasteiger partial charge in [0.1, 0.15) is 0 Å². The largest absolute Gasteiger partial charge is 0.339 e. The number of aromatic nitrogens is 2. The Hall–Kier alpha value is -1.85. The summed E-state index contributed by atoms with van der Waals surface area (Å²) in [5, 5.41) is 7.76. The smallest absolute Gasteiger partial charge is 0.256 e. The molecule has 128 valence electrons. The van der Waals surface area contributed by atoms with Crippen LogP contribution in [0.25, 0.3) is 5.69 Å². The zero-order chi connectivity index (χ0) is 15.6. The van der Waals surface area contributed by atoms with Gasteiger partial charge in [-0.1, -0.05) is 12.1 Å². The number of benzene rings is 1. The molecule has 1 amide bonds. The minimum absolute atomic E-state index is 0. The van der Waals surface area contributed by atoms with Crippen LogP contribution in [0.5, 0.6) is 0 Å². The lowest BCUT2D eigenvalue weighted by Gasteiger charge is -2.22. The molecule has 24 heavy (non-hydrogen) atoms. The molecule has 1 aromatic carbocycles. The Morgan fingerprint density at radius 1 is 1.08 bits per heavy atom. The van der Waals surface area contributed by atoms with Gasteiger partial charge in [0.15, 0.2) is 0 Å². The van der Waals surface area contributed by atoms with E-state index in [1.165, 1.54) is 0 Å². The molecule has 2 aliphatic rings. The van der Waals surface area contributed by atoms with Gasteiger partial charge in [-0.05, 0) is 56.0 Å². The Labute approximate surface area is 148 Å². The maximum Gasteiger partial charge on any atom is 0.256 e. The second kappa shape index (κ2) is 7.36. The summed E-state index contributed by atoms with van der Waals surface area (Å²) >= 11 is 0. The van der Waals surface area contributed by atoms with Crippen molar-refractivity contribution in [1.29, 1.82) is 0 Å². The molecule has 3 heterocycles. The maximum atomic E-state index is 13.1. The van der Waals surface area contributed by atoms with E-state index in [1.807, 2.05) is 41.4 Å². The summed E-state index contributed by atoms with van der Waals surface area (Å²) in [6.07, 6.45) is 5.83. The Morgan fingerprint density at radius 3 is 2.46 bits per heavy atom. The quantitative estimate of drug-likeness (QED) is 0.908. The zero-order valence-corrected chi connectivity index (χ0v) is 14.4. The second-order valence-corrected chi connectivity index (χ2v) is 6.52. The van der Waals surface area contributed by atoms with E-state index in [-0.39, 0.29) is 18.3 Å². The van der Waals surface area contributed by atoms with Crippen LogP contribution in [-0.2, 0) is 0 Å². The van der Waals surface area contributed by atoms with Gasteiger partial charge in [-0.3, -0.25) is 4.79 Å². The Morgan fingerprint density at radius 2 is 1.79 bits per heavy atom. The number of likely N-dealkylation sites (tertiary alicyclic amines) is 1. The number of nitrogens with one attached hydrogen (secondary N) is 1. The molecule has 2 saturated heterocycles. The fourth-order valence-corrected chi connectivity index (χ4v) is 3.86. The third-order valence-electron chi connectivity index (χ3n) is 5.19. The Bertz CT molecular complexity index is 674. The van der Waals surface area contributed by atoms with Gasteiger partial charge in [0, 0.05) is 25.5 Å². The second-order valence-electron chi connectivity index (χ2n) is 6.52. The van der Waals surface area contributed by atoms with Gasteiger partial charge in [-0.15, -0.1) is 12.4 Å². The van der Waals surface area contributed by atoms with E-state index >= 15 is 0 Å². The molecule has 0 bridgehead atoms. The minimum atomic E-state index is 0. The van der Waals surface area contributed by atoms with Crippen LogP contribution in [0.4, 0.5) is 0 Å². The number of carbonyl (C=O) groups excluding carboxylic acids is 1. The molecule has 1 N–H and O–H groups in total. The van der Waals surface area contributed by atoms with Crippen molar-refractivity contribution in [2.45, 2.75) is 12.8 Å². The molecule has 2 aromatic rings. The van der Waals surface area contributed by atoms with Gasteiger partial charge in [0.05, 0.1) is 11.3 Å². The maximum absolute atomic E-state index is 13.1. The highest BCUT2D eigenvalue weighted by molar-refractivity contribution is 5.97. The molecular formula is C18H23ClN4O. The van der Waals surface area contributed by atoms with Crippen LogP contribution in [0.15, 0.2) is 42.7 Å². The molecule has 2 aliphatic heterocycles. The SMILES string of the molecule is Cl.O=C(c1ccccc1-n1cccn1)N1CC[C@@H]2CNC[C@@H]2CC1. The minimum Gasteiger partial charge on any atom is -0.339 e. The highest BCUT2D eigenvalue weighted by atomic mass is 35.5. The van der Waals surface area contributed by atoms with E-state index in [2.05, 4.69) is 10.4 Å². The lowest BCUT2D eigenvalue weighted by Crippen LogP contribution is -2.33. The van der Waals surface area contributed by atoms with Crippen molar-refractivity contribution in [2.75, 3.05) is 26.2 Å². The van der Waals surface area contributed by atoms with Gasteiger partial charge in [0.25, 0.3) is 5.91 Å². The molecular weight excluding hydrogens is 324 g/mol. The van der Waals surface area contributed by atoms with Gasteiger partial charge in [-0.2, -0.15) is 5.10 Å². The van der Waals surface area contributed by atoms with Gasteiger partial charge in [0.2, 0.25) is 0 Å². The topological polar surface area (TPSA) is 50.2 Å². The van der Waals surface area contributed by atoms with E-state index in [0.717, 1.165) is 62.1 Å². The van der Waals surface area contributed by atoms with E-state index in [9.17, 15) is 4.79 Å². The molecule has 0 radical (unpaired) electrons. The van der Waals surface area contributed by atoms with Gasteiger partial charge < -0.3 is 10.2 Å². The van der Waals surface area contributed by atoms with Crippen molar-refractivity contribution in [1.82, 2.24) is 20.0 Å². The number of amides is 1. The first-order valence-electron chi connectivity index (χ1n) is 8.42. The van der Waals surface area contributed by atoms with E-state index in [4.69, 9.17) is 0 Å². The summed E-state index contributed by atoms with van der Waals surface area (Å²) in [5.41, 5.74) is 1.59. The van der Waals surface area contributed by atoms with E-state index in [1.54, 1.807) is 10.9 Å². The van der Waals surface area contributed by atoms with Crippen molar-refractivity contribution in [3.63, 3.8) is 0 Å². The number of halogens is 1. The fourth-order valence-electron chi connectivity index (χ4n) is 3.86. The number of para-hydroxylation sites is 1. The van der Waals surface area contributed by atoms with E-state index < -0.39 is 0 Å². The first-order valence-corrected chi connectivity index (χ1v) is 8.42. The fraction of sp³-hybridized carbons (Fsp3) is 0.444. The normalized spacial score (nSPS) is 23.2. The van der Waals surface area contributed by atoms with Gasteiger partial charge >= 0.3 is 0 Å². The highest BCUT2D eigenvalue weighted by Crippen LogP contribution is 2.28. The van der Waals surface area contributed by atoms with Crippen molar-refractivity contribution < 1.29 is 4.79 Å². The van der Waals surface area contributed by atoms with Crippen LogP contribution in [0.1, 0.15) is 23.2 Å². The van der Waals surface area contributed by atoms with Crippen molar-refractivity contribution in [3.05, 3.63) is 48.3 Å². The van der Waals surface area contributed by atoms with Crippen LogP contribution < -0.4 is 5.32 Å². The number of hydrogen-bond donors (Lipinski definition) is 1. The Balaban J connectivity index is 0.00000169. The summed E-state index contributed by atoms with van der Waals surface area (Å²) in [4.78, 5) is 15.1. The number of carbonyl (C=O) groups is 1. The molecule has 0 saturated carbocycles. The summed E-state index contributed by atoms with van der Waals surface area (Å²) in [6.45, 7) is 3.93. The number of fused-ring (bicyclic) bond motifs is 1. The predicted octanol–water partition coefficient (Wildman–Crippen LogP) is 2.37. The summed E-state index contributed by atoms with van der Waals surface area (Å²) in [7, 11) is 0. The predicted molar refractivity (Wildman–Crippen MR) is 95.8 cm³/mol. The third kappa shape index (κ3) is 3.19. The lowest BCUT2D eigenvalue weighted by molar-refractivity contribution is 0.0758. The van der Waals surface area contributed by atoms with Crippen LogP contribution in [-0.4, -0.2) is 46.8 Å². The summed E-state index contributed by atoms with van der Waals surface area (Å²) in [6, 6.07) is 9.62. The molecule has 2 atom stereocenters. The lowest BCUT2D eigenvalue weighted by atomic mass is 9.92. The molecule has 4 rings (SSSR count). The number of hydrogen-bond acceptors (Lipinski definition) is 3. The summed E-state index contributed by atoms with van der Waals surface area (Å²) < 4.78 is 1.77. The molecule has 0 spiro atoms.